The third-order valence-electron chi connectivity index (χ3n) is 4.37. The lowest BCUT2D eigenvalue weighted by Crippen LogP contribution is -2.33. The van der Waals surface area contributed by atoms with Crippen LogP contribution in [0.15, 0.2) is 67.1 Å². The van der Waals surface area contributed by atoms with Gasteiger partial charge in [0.2, 0.25) is 0 Å². The molecule has 0 saturated carbocycles. The molecule has 6 nitrogen and oxygen atoms in total. The quantitative estimate of drug-likeness (QED) is 0.587. The topological polar surface area (TPSA) is 67.3 Å². The molecule has 0 aliphatic carbocycles. The zero-order valence-corrected chi connectivity index (χ0v) is 17.1. The van der Waals surface area contributed by atoms with Gasteiger partial charge in [-0.05, 0) is 49.9 Å². The van der Waals surface area contributed by atoms with Gasteiger partial charge in [0.1, 0.15) is 17.7 Å². The zero-order valence-electron chi connectivity index (χ0n) is 17.1. The molecule has 1 atom stereocenters. The summed E-state index contributed by atoms with van der Waals surface area (Å²) in [6.07, 6.45) is 4.86. The fourth-order valence-corrected chi connectivity index (χ4v) is 3.02. The van der Waals surface area contributed by atoms with E-state index >= 15 is 0 Å². The van der Waals surface area contributed by atoms with Crippen LogP contribution in [0.3, 0.4) is 0 Å². The summed E-state index contributed by atoms with van der Waals surface area (Å²) in [6.45, 7) is 3.62. The van der Waals surface area contributed by atoms with Gasteiger partial charge in [-0.3, -0.25) is 19.7 Å². The first kappa shape index (κ1) is 21.4. The van der Waals surface area contributed by atoms with Crippen LogP contribution in [0.25, 0.3) is 0 Å². The van der Waals surface area contributed by atoms with Crippen molar-refractivity contribution in [2.24, 2.45) is 0 Å². The van der Waals surface area contributed by atoms with Gasteiger partial charge in [0, 0.05) is 37.2 Å². The summed E-state index contributed by atoms with van der Waals surface area (Å²) in [5.41, 5.74) is 2.31. The van der Waals surface area contributed by atoms with Crippen molar-refractivity contribution in [3.05, 3.63) is 89.8 Å². The molecule has 1 aromatic heterocycles. The van der Waals surface area contributed by atoms with Gasteiger partial charge < -0.3 is 10.1 Å². The molecule has 3 rings (SSSR count). The summed E-state index contributed by atoms with van der Waals surface area (Å²) in [5.74, 6) is -0.0368. The van der Waals surface area contributed by atoms with Crippen LogP contribution >= 0.6 is 0 Å². The number of carbonyl (C=O) groups is 1. The van der Waals surface area contributed by atoms with Crippen LogP contribution in [0.2, 0.25) is 0 Å². The summed E-state index contributed by atoms with van der Waals surface area (Å²) in [4.78, 5) is 22.7. The molecule has 0 radical (unpaired) electrons. The number of rotatable bonds is 9. The van der Waals surface area contributed by atoms with Gasteiger partial charge in [0.05, 0.1) is 12.2 Å². The van der Waals surface area contributed by atoms with E-state index in [1.807, 2.05) is 38.2 Å². The van der Waals surface area contributed by atoms with Gasteiger partial charge in [-0.2, -0.15) is 0 Å². The molecule has 0 bridgehead atoms. The average molecular weight is 408 g/mol. The van der Waals surface area contributed by atoms with Crippen LogP contribution in [0.5, 0.6) is 5.75 Å². The van der Waals surface area contributed by atoms with Gasteiger partial charge in [0.15, 0.2) is 0 Å². The molecule has 3 aromatic rings. The smallest absolute Gasteiger partial charge is 0.251 e. The number of ether oxygens (including phenoxy) is 1. The normalized spacial score (nSPS) is 11.9. The number of hydrogen-bond donors (Lipinski definition) is 1. The Labute approximate surface area is 175 Å². The maximum Gasteiger partial charge on any atom is 0.251 e. The predicted octanol–water partition coefficient (Wildman–Crippen LogP) is 3.45. The van der Waals surface area contributed by atoms with Crippen LogP contribution in [0.4, 0.5) is 4.39 Å². The second kappa shape index (κ2) is 10.5. The maximum absolute atomic E-state index is 13.2. The number of halogens is 1. The fourth-order valence-electron chi connectivity index (χ4n) is 3.02. The first-order chi connectivity index (χ1) is 14.5. The van der Waals surface area contributed by atoms with E-state index < -0.39 is 5.82 Å². The lowest BCUT2D eigenvalue weighted by molar-refractivity contribution is 0.0931. The molecule has 1 N–H and O–H groups in total. The number of aromatic nitrogens is 2. The minimum absolute atomic E-state index is 0.241. The molecule has 1 amide bonds. The first-order valence-corrected chi connectivity index (χ1v) is 9.72. The highest BCUT2D eigenvalue weighted by Gasteiger charge is 2.10. The van der Waals surface area contributed by atoms with Crippen molar-refractivity contribution >= 4 is 5.91 Å². The Hall–Kier alpha value is -3.32. The molecular weight excluding hydrogens is 383 g/mol. The van der Waals surface area contributed by atoms with Gasteiger partial charge >= 0.3 is 0 Å². The summed E-state index contributed by atoms with van der Waals surface area (Å²) in [7, 11) is 2.02. The van der Waals surface area contributed by atoms with Crippen molar-refractivity contribution in [1.29, 1.82) is 0 Å². The van der Waals surface area contributed by atoms with Gasteiger partial charge in [-0.1, -0.05) is 18.2 Å². The number of amides is 1. The van der Waals surface area contributed by atoms with Crippen LogP contribution in [-0.4, -0.2) is 40.5 Å². The molecule has 30 heavy (non-hydrogen) atoms. The van der Waals surface area contributed by atoms with Crippen LogP contribution in [0.1, 0.15) is 28.5 Å². The third kappa shape index (κ3) is 6.63. The van der Waals surface area contributed by atoms with Crippen LogP contribution < -0.4 is 10.1 Å². The van der Waals surface area contributed by atoms with E-state index in [0.717, 1.165) is 23.6 Å². The number of hydrogen-bond acceptors (Lipinski definition) is 5. The zero-order chi connectivity index (χ0) is 21.3. The Morgan fingerprint density at radius 3 is 2.77 bits per heavy atom. The molecule has 0 saturated heterocycles. The second-order valence-electron chi connectivity index (χ2n) is 7.17. The molecule has 0 fully saturated rings. The molecule has 0 unspecified atom stereocenters. The van der Waals surface area contributed by atoms with E-state index in [1.165, 1.54) is 18.2 Å². The van der Waals surface area contributed by atoms with Crippen molar-refractivity contribution in [3.8, 4) is 5.75 Å². The number of benzene rings is 2. The summed E-state index contributed by atoms with van der Waals surface area (Å²) in [5, 5.41) is 2.77. The maximum atomic E-state index is 13.2. The molecule has 0 aliphatic rings. The lowest BCUT2D eigenvalue weighted by atomic mass is 10.2. The number of nitrogens with zero attached hydrogens (tertiary/aromatic N) is 3. The van der Waals surface area contributed by atoms with E-state index in [1.54, 1.807) is 24.7 Å². The molecule has 156 valence electrons. The molecule has 7 heteroatoms. The van der Waals surface area contributed by atoms with Crippen molar-refractivity contribution < 1.29 is 13.9 Å². The first-order valence-electron chi connectivity index (χ1n) is 9.72. The fraction of sp³-hybridized carbons (Fsp3) is 0.261. The summed E-state index contributed by atoms with van der Waals surface area (Å²) >= 11 is 0. The Morgan fingerprint density at radius 1 is 1.17 bits per heavy atom. The highest BCUT2D eigenvalue weighted by atomic mass is 19.1. The van der Waals surface area contributed by atoms with E-state index in [4.69, 9.17) is 4.74 Å². The third-order valence-corrected chi connectivity index (χ3v) is 4.37. The van der Waals surface area contributed by atoms with Crippen molar-refractivity contribution in [3.63, 3.8) is 0 Å². The number of carbonyl (C=O) groups excluding carboxylic acids is 1. The highest BCUT2D eigenvalue weighted by Crippen LogP contribution is 2.16. The minimum atomic E-state index is -0.437. The highest BCUT2D eigenvalue weighted by molar-refractivity contribution is 5.94. The molecular formula is C23H25FN4O2. The van der Waals surface area contributed by atoms with Gasteiger partial charge in [-0.25, -0.2) is 4.39 Å². The van der Waals surface area contributed by atoms with Gasteiger partial charge in [-0.15, -0.1) is 0 Å². The molecule has 0 spiro atoms. The Bertz CT molecular complexity index is 968. The Balaban J connectivity index is 1.49. The lowest BCUT2D eigenvalue weighted by Gasteiger charge is -2.18. The molecule has 1 heterocycles. The number of nitrogens with one attached hydrogen (secondary N) is 1. The van der Waals surface area contributed by atoms with E-state index in [0.29, 0.717) is 13.1 Å². The van der Waals surface area contributed by atoms with Crippen molar-refractivity contribution in [2.45, 2.75) is 26.1 Å². The molecule has 2 aromatic carbocycles. The van der Waals surface area contributed by atoms with E-state index in [-0.39, 0.29) is 17.6 Å². The monoisotopic (exact) mass is 408 g/mol. The second-order valence-corrected chi connectivity index (χ2v) is 7.17. The Kier molecular flexibility index (Phi) is 7.45. The largest absolute Gasteiger partial charge is 0.489 e. The van der Waals surface area contributed by atoms with Gasteiger partial charge in [0.25, 0.3) is 5.91 Å². The summed E-state index contributed by atoms with van der Waals surface area (Å²) in [6, 6.07) is 13.5. The van der Waals surface area contributed by atoms with E-state index in [2.05, 4.69) is 20.2 Å². The average Bonchev–Trinajstić information content (AvgIpc) is 2.73. The summed E-state index contributed by atoms with van der Waals surface area (Å²) < 4.78 is 19.2. The Morgan fingerprint density at radius 2 is 2.00 bits per heavy atom. The predicted molar refractivity (Wildman–Crippen MR) is 112 cm³/mol. The SMILES string of the molecule is C[C@@H](CNC(=O)c1cccc(F)c1)Oc1cccc(CN(C)Cc2cnccn2)c1. The van der Waals surface area contributed by atoms with Crippen molar-refractivity contribution in [2.75, 3.05) is 13.6 Å². The molecule has 0 aliphatic heterocycles. The minimum Gasteiger partial charge on any atom is -0.489 e. The van der Waals surface area contributed by atoms with Crippen molar-refractivity contribution in [1.82, 2.24) is 20.2 Å². The van der Waals surface area contributed by atoms with E-state index in [9.17, 15) is 9.18 Å². The van der Waals surface area contributed by atoms with Crippen LogP contribution in [0, 0.1) is 5.82 Å². The van der Waals surface area contributed by atoms with Crippen LogP contribution in [-0.2, 0) is 13.1 Å². The standard InChI is InChI=1S/C23H25FN4O2/c1-17(13-27-23(29)19-6-4-7-20(24)12-19)30-22-8-3-5-18(11-22)15-28(2)16-21-14-25-9-10-26-21/h3-12,14,17H,13,15-16H2,1-2H3,(H,27,29)/t17-/m0/s1.